The first-order valence-electron chi connectivity index (χ1n) is 6.51. The Morgan fingerprint density at radius 1 is 0.938 bits per heavy atom. The Morgan fingerprint density at radius 2 is 1.62 bits per heavy atom. The second kappa shape index (κ2) is 6.17. The monoisotopic (exact) mass is 338 g/mol. The van der Waals surface area contributed by atoms with Gasteiger partial charge < -0.3 is 0 Å². The van der Waals surface area contributed by atoms with Crippen LogP contribution < -0.4 is 21.2 Å². The smallest absolute Gasteiger partial charge is 0.264 e. The topological polar surface area (TPSA) is 43.1 Å². The van der Waals surface area contributed by atoms with E-state index in [1.54, 1.807) is 0 Å². The van der Waals surface area contributed by atoms with E-state index in [0.29, 0.717) is 0 Å². The van der Waals surface area contributed by atoms with E-state index >= 15 is 0 Å². The molecule has 0 spiro atoms. The highest BCUT2D eigenvalue weighted by molar-refractivity contribution is 4.72. The molecule has 0 radical (unpaired) electrons. The van der Waals surface area contributed by atoms with Crippen molar-refractivity contribution in [1.29, 1.82) is 0 Å². The summed E-state index contributed by atoms with van der Waals surface area (Å²) < 4.78 is 1.74. The van der Waals surface area contributed by atoms with Crippen LogP contribution in [0.1, 0.15) is 57.8 Å². The van der Waals surface area contributed by atoms with E-state index in [4.69, 9.17) is 0 Å². The third-order valence-electron chi connectivity index (χ3n) is 3.77. The average molecular weight is 338 g/mol. The van der Waals surface area contributed by atoms with Crippen molar-refractivity contribution in [3.63, 3.8) is 0 Å². The minimum Gasteiger partial charge on any atom is -0.264 e. The molecule has 2 aliphatic rings. The maximum absolute atomic E-state index is 10.8. The highest BCUT2D eigenvalue weighted by Crippen LogP contribution is 2.19. The normalized spacial score (nSPS) is 32.5. The lowest BCUT2D eigenvalue weighted by Crippen LogP contribution is -3.68. The summed E-state index contributed by atoms with van der Waals surface area (Å²) in [5.74, 6) is 0. The molecule has 0 bridgehead atoms. The van der Waals surface area contributed by atoms with Crippen molar-refractivity contribution < 1.29 is 26.1 Å². The molecule has 0 heterocycles. The highest BCUT2D eigenvalue weighted by atomic mass is 127. The molecular weight excluding hydrogens is 317 g/mol. The molecule has 2 saturated carbocycles. The second-order valence-corrected chi connectivity index (χ2v) is 9.31. The second-order valence-electron chi connectivity index (χ2n) is 5.06. The first-order chi connectivity index (χ1) is 7.75. The van der Waals surface area contributed by atoms with Gasteiger partial charge in [0.05, 0.1) is 6.42 Å². The standard InChI is InChI=1S/C12H21INO2/c15-14(16)12-8-4-7-11(9-12)13-10-5-2-1-3-6-10/h10-12H,1-9H2/q+1. The SMILES string of the molecule is O=[N+]([O-])C1CCCC([I+]C2CCCCC2)C1. The molecule has 0 aromatic heterocycles. The van der Waals surface area contributed by atoms with Crippen LogP contribution in [0.15, 0.2) is 0 Å². The van der Waals surface area contributed by atoms with Gasteiger partial charge in [0, 0.05) is 11.3 Å². The molecule has 2 unspecified atom stereocenters. The average Bonchev–Trinajstić information content (AvgIpc) is 2.30. The molecule has 2 atom stereocenters. The third kappa shape index (κ3) is 3.57. The van der Waals surface area contributed by atoms with E-state index in [9.17, 15) is 10.1 Å². The Hall–Kier alpha value is 0.130. The zero-order valence-electron chi connectivity index (χ0n) is 9.74. The minimum atomic E-state index is -0.206. The van der Waals surface area contributed by atoms with Crippen molar-refractivity contribution in [2.24, 2.45) is 0 Å². The van der Waals surface area contributed by atoms with Crippen LogP contribution in [0.25, 0.3) is 0 Å². The zero-order valence-corrected chi connectivity index (χ0v) is 11.9. The van der Waals surface area contributed by atoms with Crippen molar-refractivity contribution in [2.75, 3.05) is 0 Å². The van der Waals surface area contributed by atoms with Gasteiger partial charge in [-0.2, -0.15) is 0 Å². The molecule has 0 aliphatic heterocycles. The Bertz CT molecular complexity index is 241. The van der Waals surface area contributed by atoms with Crippen molar-refractivity contribution >= 4 is 0 Å². The third-order valence-corrected chi connectivity index (χ3v) is 8.18. The number of rotatable bonds is 3. The van der Waals surface area contributed by atoms with Gasteiger partial charge in [-0.25, -0.2) is 0 Å². The number of hydrogen-bond donors (Lipinski definition) is 0. The van der Waals surface area contributed by atoms with E-state index in [1.165, 1.54) is 38.5 Å². The van der Waals surface area contributed by atoms with E-state index in [0.717, 1.165) is 27.1 Å². The molecule has 0 saturated heterocycles. The largest absolute Gasteiger partial charge is 0.275 e. The maximum Gasteiger partial charge on any atom is 0.275 e. The van der Waals surface area contributed by atoms with Crippen molar-refractivity contribution in [1.82, 2.24) is 0 Å². The maximum atomic E-state index is 10.8. The molecule has 16 heavy (non-hydrogen) atoms. The lowest BCUT2D eigenvalue weighted by Gasteiger charge is -2.20. The fraction of sp³-hybridized carbons (Fsp3) is 1.00. The molecule has 92 valence electrons. The van der Waals surface area contributed by atoms with Gasteiger partial charge >= 0.3 is 0 Å². The molecule has 0 N–H and O–H groups in total. The number of alkyl halides is 2. The summed E-state index contributed by atoms with van der Waals surface area (Å²) >= 11 is 0.225. The van der Waals surface area contributed by atoms with Crippen LogP contribution in [-0.4, -0.2) is 18.8 Å². The van der Waals surface area contributed by atoms with Crippen LogP contribution in [0.4, 0.5) is 0 Å². The summed E-state index contributed by atoms with van der Waals surface area (Å²) in [6, 6.07) is -0.206. The number of nitro groups is 1. The summed E-state index contributed by atoms with van der Waals surface area (Å²) in [5, 5.41) is 10.8. The first-order valence-corrected chi connectivity index (χ1v) is 9.00. The minimum absolute atomic E-state index is 0.0310. The fourth-order valence-electron chi connectivity index (χ4n) is 2.84. The Morgan fingerprint density at radius 3 is 2.31 bits per heavy atom. The van der Waals surface area contributed by atoms with Crippen LogP contribution in [0.5, 0.6) is 0 Å². The predicted octanol–water partition coefficient (Wildman–Crippen LogP) is -0.00400. The zero-order chi connectivity index (χ0) is 11.4. The number of halogens is 1. The lowest BCUT2D eigenvalue weighted by molar-refractivity contribution is -0.731. The van der Waals surface area contributed by atoms with Crippen molar-refractivity contribution in [3.8, 4) is 0 Å². The highest BCUT2D eigenvalue weighted by Gasteiger charge is 2.40. The first kappa shape index (κ1) is 12.6. The predicted molar refractivity (Wildman–Crippen MR) is 59.9 cm³/mol. The van der Waals surface area contributed by atoms with Crippen molar-refractivity contribution in [2.45, 2.75) is 71.7 Å². The van der Waals surface area contributed by atoms with Crippen LogP contribution in [0.2, 0.25) is 0 Å². The van der Waals surface area contributed by atoms with Gasteiger partial charge in [0.2, 0.25) is 6.04 Å². The summed E-state index contributed by atoms with van der Waals surface area (Å²) in [5.41, 5.74) is 0. The number of nitrogens with zero attached hydrogens (tertiary/aromatic N) is 1. The van der Waals surface area contributed by atoms with Crippen LogP contribution in [0, 0.1) is 10.1 Å². The van der Waals surface area contributed by atoms with Gasteiger partial charge in [-0.05, 0) is 38.5 Å². The Labute approximate surface area is 108 Å². The molecule has 4 heteroatoms. The van der Waals surface area contributed by atoms with Crippen LogP contribution in [-0.2, 0) is 0 Å². The molecule has 0 aromatic rings. The molecule has 3 nitrogen and oxygen atoms in total. The molecule has 2 aliphatic carbocycles. The van der Waals surface area contributed by atoms with Crippen LogP contribution >= 0.6 is 0 Å². The van der Waals surface area contributed by atoms with Gasteiger partial charge in [-0.15, -0.1) is 0 Å². The Balaban J connectivity index is 1.78. The molecule has 0 amide bonds. The number of hydrogen-bond acceptors (Lipinski definition) is 2. The van der Waals surface area contributed by atoms with E-state index in [2.05, 4.69) is 0 Å². The molecular formula is C12H21INO2+. The van der Waals surface area contributed by atoms with Crippen LogP contribution in [0.3, 0.4) is 0 Å². The lowest BCUT2D eigenvalue weighted by atomic mass is 9.96. The van der Waals surface area contributed by atoms with Gasteiger partial charge in [0.25, 0.3) is 21.2 Å². The summed E-state index contributed by atoms with van der Waals surface area (Å²) in [4.78, 5) is 10.8. The molecule has 0 aromatic carbocycles. The van der Waals surface area contributed by atoms with Gasteiger partial charge in [0.1, 0.15) is 0 Å². The van der Waals surface area contributed by atoms with Gasteiger partial charge in [0.15, 0.2) is 7.85 Å². The summed E-state index contributed by atoms with van der Waals surface area (Å²) in [7, 11) is 0. The van der Waals surface area contributed by atoms with E-state index in [1.807, 2.05) is 0 Å². The quantitative estimate of drug-likeness (QED) is 0.315. The fourth-order valence-corrected chi connectivity index (χ4v) is 7.56. The molecule has 2 fully saturated rings. The Kier molecular flexibility index (Phi) is 4.85. The summed E-state index contributed by atoms with van der Waals surface area (Å²) in [6.07, 6.45) is 11.2. The summed E-state index contributed by atoms with van der Waals surface area (Å²) in [6.45, 7) is 0. The van der Waals surface area contributed by atoms with E-state index in [-0.39, 0.29) is 32.2 Å². The van der Waals surface area contributed by atoms with Gasteiger partial charge in [-0.1, -0.05) is 6.42 Å². The van der Waals surface area contributed by atoms with Gasteiger partial charge in [-0.3, -0.25) is 10.1 Å². The molecule has 2 rings (SSSR count). The van der Waals surface area contributed by atoms with Crippen molar-refractivity contribution in [3.05, 3.63) is 10.1 Å². The van der Waals surface area contributed by atoms with E-state index < -0.39 is 0 Å².